The van der Waals surface area contributed by atoms with E-state index in [9.17, 15) is 0 Å². The van der Waals surface area contributed by atoms with Crippen LogP contribution in [0.15, 0.2) is 27.6 Å². The van der Waals surface area contributed by atoms with Crippen molar-refractivity contribution >= 4 is 0 Å². The molecule has 0 aromatic carbocycles. The third kappa shape index (κ3) is 3.24. The molecule has 0 radical (unpaired) electrons. The molecule has 0 aliphatic heterocycles. The van der Waals surface area contributed by atoms with Crippen molar-refractivity contribution in [2.75, 3.05) is 28.2 Å². The summed E-state index contributed by atoms with van der Waals surface area (Å²) in [6, 6.07) is 0. The van der Waals surface area contributed by atoms with Crippen LogP contribution in [0.2, 0.25) is 4.14 Å². The topological polar surface area (TPSA) is 18.8 Å². The first kappa shape index (κ1) is 15.0. The number of allylic oxidation sites excluding steroid dienone is 4. The van der Waals surface area contributed by atoms with Gasteiger partial charge < -0.3 is 0 Å². The van der Waals surface area contributed by atoms with Crippen LogP contribution in [-0.4, -0.2) is 40.3 Å². The molecule has 0 spiro atoms. The van der Waals surface area contributed by atoms with Crippen LogP contribution >= 0.6 is 0 Å². The average Bonchev–Trinajstić information content (AvgIpc) is 2.64. The van der Waals surface area contributed by atoms with Crippen molar-refractivity contribution in [1.29, 1.82) is 0 Å². The van der Waals surface area contributed by atoms with E-state index in [-0.39, 0.29) is 5.54 Å². The van der Waals surface area contributed by atoms with Gasteiger partial charge in [0.1, 0.15) is 0 Å². The molecule has 0 N–H and O–H groups in total. The van der Waals surface area contributed by atoms with Crippen LogP contribution in [0.25, 0.3) is 0 Å². The Morgan fingerprint density at radius 1 is 0.941 bits per heavy atom. The summed E-state index contributed by atoms with van der Waals surface area (Å²) >= 11 is -2.79. The van der Waals surface area contributed by atoms with E-state index in [0.717, 1.165) is 0 Å². The summed E-state index contributed by atoms with van der Waals surface area (Å²) in [5.74, 6) is 0. The van der Waals surface area contributed by atoms with E-state index in [1.54, 1.807) is 0 Å². The molecule has 0 saturated heterocycles. The van der Waals surface area contributed by atoms with E-state index >= 15 is 0 Å². The maximum atomic E-state index is 5.27. The molecule has 0 aromatic heterocycles. The van der Waals surface area contributed by atoms with E-state index in [2.05, 4.69) is 79.9 Å². The van der Waals surface area contributed by atoms with Gasteiger partial charge in [-0.25, -0.2) is 0 Å². The summed E-state index contributed by atoms with van der Waals surface area (Å²) in [5, 5.41) is 0. The Morgan fingerprint density at radius 2 is 1.35 bits per heavy atom. The molecule has 0 fully saturated rings. The molecule has 0 atom stereocenters. The molecule has 0 heterocycles. The number of nitrogens with zero attached hydrogens (tertiary/aromatic N) is 3. The fourth-order valence-corrected chi connectivity index (χ4v) is 11.6. The molecule has 1 aliphatic rings. The predicted octanol–water partition coefficient (Wildman–Crippen LogP) is 2.99. The SMILES string of the molecule is C[N](C)[Nb](=[N]C(C)(C)C)([CH]1C=CC=C1)[N](C)C. The average molecular weight is 317 g/mol. The summed E-state index contributed by atoms with van der Waals surface area (Å²) in [4.78, 5) is 0. The second-order valence-electron chi connectivity index (χ2n) is 5.84. The van der Waals surface area contributed by atoms with Gasteiger partial charge >= 0.3 is 110 Å². The standard InChI is InChI=1S/C5H5.C4H9N.2C2H6N.Nb/c1-2-4-5-3-1;1-4(2,3)5;2*1-3-2;/h1-5H;1-3H3;2*1-2H3;/q;;2*-1;+2. The molecule has 1 aliphatic carbocycles. The van der Waals surface area contributed by atoms with Crippen molar-refractivity contribution in [3.63, 3.8) is 0 Å². The van der Waals surface area contributed by atoms with Gasteiger partial charge in [-0.15, -0.1) is 0 Å². The molecule has 0 amide bonds. The third-order valence-electron chi connectivity index (χ3n) is 2.75. The van der Waals surface area contributed by atoms with E-state index < -0.39 is 17.5 Å². The Labute approximate surface area is 110 Å². The Balaban J connectivity index is 3.38. The van der Waals surface area contributed by atoms with Gasteiger partial charge in [-0.3, -0.25) is 0 Å². The maximum absolute atomic E-state index is 5.27. The molecule has 0 bridgehead atoms. The molecule has 3 nitrogen and oxygen atoms in total. The summed E-state index contributed by atoms with van der Waals surface area (Å²) in [7, 11) is 8.73. The number of hydrogen-bond acceptors (Lipinski definition) is 1. The van der Waals surface area contributed by atoms with Gasteiger partial charge in [0, 0.05) is 0 Å². The van der Waals surface area contributed by atoms with Crippen LogP contribution in [0.5, 0.6) is 0 Å². The van der Waals surface area contributed by atoms with Crippen molar-refractivity contribution in [3.8, 4) is 0 Å². The molecule has 0 saturated carbocycles. The predicted molar refractivity (Wildman–Crippen MR) is 71.6 cm³/mol. The van der Waals surface area contributed by atoms with Crippen LogP contribution in [-0.2, 0) is 17.5 Å². The van der Waals surface area contributed by atoms with E-state index in [1.165, 1.54) is 0 Å². The van der Waals surface area contributed by atoms with E-state index in [4.69, 9.17) is 3.34 Å². The quantitative estimate of drug-likeness (QED) is 0.745. The summed E-state index contributed by atoms with van der Waals surface area (Å²) in [6.07, 6.45) is 8.92. The molecular weight excluding hydrogens is 291 g/mol. The summed E-state index contributed by atoms with van der Waals surface area (Å²) < 4.78 is 10.6. The molecule has 17 heavy (non-hydrogen) atoms. The molecule has 98 valence electrons. The van der Waals surface area contributed by atoms with Crippen LogP contribution in [0, 0.1) is 0 Å². The zero-order chi connectivity index (χ0) is 13.3. The van der Waals surface area contributed by atoms with E-state index in [0.29, 0.717) is 4.14 Å². The zero-order valence-corrected chi connectivity index (χ0v) is 14.4. The molecule has 0 aromatic rings. The second-order valence-corrected chi connectivity index (χ2v) is 14.8. The van der Waals surface area contributed by atoms with Gasteiger partial charge in [0.25, 0.3) is 0 Å². The van der Waals surface area contributed by atoms with Gasteiger partial charge in [0.15, 0.2) is 0 Å². The molecular formula is C13H26N3Nb. The second kappa shape index (κ2) is 5.29. The van der Waals surface area contributed by atoms with Gasteiger partial charge in [0.05, 0.1) is 0 Å². The van der Waals surface area contributed by atoms with Crippen molar-refractivity contribution in [2.45, 2.75) is 30.4 Å². The first-order chi connectivity index (χ1) is 7.70. The Morgan fingerprint density at radius 3 is 1.65 bits per heavy atom. The number of rotatable bonds is 3. The summed E-state index contributed by atoms with van der Waals surface area (Å²) in [5.41, 5.74) is 0.0183. The Bertz CT molecular complexity index is 349. The molecule has 0 unspecified atom stereocenters. The summed E-state index contributed by atoms with van der Waals surface area (Å²) in [6.45, 7) is 6.60. The first-order valence-electron chi connectivity index (χ1n) is 6.04. The van der Waals surface area contributed by atoms with Crippen LogP contribution in [0.3, 0.4) is 0 Å². The third-order valence-corrected chi connectivity index (χ3v) is 13.6. The van der Waals surface area contributed by atoms with Gasteiger partial charge in [-0.05, 0) is 0 Å². The van der Waals surface area contributed by atoms with Crippen LogP contribution < -0.4 is 0 Å². The van der Waals surface area contributed by atoms with E-state index in [1.807, 2.05) is 0 Å². The molecule has 1 rings (SSSR count). The van der Waals surface area contributed by atoms with Crippen molar-refractivity contribution in [1.82, 2.24) is 6.61 Å². The zero-order valence-electron chi connectivity index (χ0n) is 12.2. The fourth-order valence-electron chi connectivity index (χ4n) is 2.23. The van der Waals surface area contributed by atoms with Gasteiger partial charge in [0.2, 0.25) is 0 Å². The minimum absolute atomic E-state index is 0.0183. The Hall–Kier alpha value is -0.0597. The Kier molecular flexibility index (Phi) is 4.67. The van der Waals surface area contributed by atoms with Crippen molar-refractivity contribution in [3.05, 3.63) is 24.3 Å². The monoisotopic (exact) mass is 317 g/mol. The van der Waals surface area contributed by atoms with Crippen LogP contribution in [0.4, 0.5) is 0 Å². The number of hydrogen-bond donors (Lipinski definition) is 0. The van der Waals surface area contributed by atoms with Crippen molar-refractivity contribution in [2.24, 2.45) is 3.34 Å². The van der Waals surface area contributed by atoms with Crippen molar-refractivity contribution < 1.29 is 17.5 Å². The van der Waals surface area contributed by atoms with Gasteiger partial charge in [-0.2, -0.15) is 0 Å². The fraction of sp³-hybridized carbons (Fsp3) is 0.692. The normalized spacial score (nSPS) is 17.5. The van der Waals surface area contributed by atoms with Crippen LogP contribution in [0.1, 0.15) is 20.8 Å². The van der Waals surface area contributed by atoms with Gasteiger partial charge in [-0.1, -0.05) is 0 Å². The minimum atomic E-state index is -2.79. The first-order valence-corrected chi connectivity index (χ1v) is 10.3. The molecule has 4 heteroatoms.